The molecule has 5 rings (SSSR count). The van der Waals surface area contributed by atoms with Crippen LogP contribution in [0.3, 0.4) is 0 Å². The van der Waals surface area contributed by atoms with Crippen LogP contribution in [-0.2, 0) is 13.5 Å². The first-order valence-electron chi connectivity index (χ1n) is 10.2. The Labute approximate surface area is 181 Å². The van der Waals surface area contributed by atoms with Gasteiger partial charge in [0, 0.05) is 24.2 Å². The first-order valence-corrected chi connectivity index (χ1v) is 10.2. The minimum absolute atomic E-state index is 0.0126. The third-order valence-corrected chi connectivity index (χ3v) is 6.34. The molecule has 1 fully saturated rings. The molecule has 1 aromatic heterocycles. The van der Waals surface area contributed by atoms with Gasteiger partial charge in [-0.2, -0.15) is 5.10 Å². The Morgan fingerprint density at radius 1 is 1.09 bits per heavy atom. The van der Waals surface area contributed by atoms with Crippen molar-refractivity contribution < 1.29 is 27.1 Å². The summed E-state index contributed by atoms with van der Waals surface area (Å²) in [6, 6.07) is 5.70. The Bertz CT molecular complexity index is 1230. The molecule has 1 amide bonds. The minimum Gasteiger partial charge on any atom is -0.494 e. The van der Waals surface area contributed by atoms with Crippen molar-refractivity contribution in [3.05, 3.63) is 70.4 Å². The highest BCUT2D eigenvalue weighted by atomic mass is 19.2. The summed E-state index contributed by atoms with van der Waals surface area (Å²) in [5, 5.41) is 4.54. The number of aromatic nitrogens is 2. The highest BCUT2D eigenvalue weighted by Gasteiger charge is 2.46. The number of aryl methyl sites for hydroxylation is 1. The van der Waals surface area contributed by atoms with E-state index in [1.165, 1.54) is 23.9 Å². The first kappa shape index (κ1) is 20.5. The molecule has 2 bridgehead atoms. The molecule has 0 aliphatic carbocycles. The molecule has 0 unspecified atom stereocenters. The van der Waals surface area contributed by atoms with E-state index in [4.69, 9.17) is 4.74 Å². The molecule has 0 saturated carbocycles. The minimum atomic E-state index is -1.53. The van der Waals surface area contributed by atoms with E-state index in [9.17, 15) is 22.4 Å². The van der Waals surface area contributed by atoms with Crippen LogP contribution in [0, 0.1) is 23.3 Å². The Morgan fingerprint density at radius 3 is 2.50 bits per heavy atom. The Hall–Kier alpha value is -3.36. The molecule has 9 heteroatoms. The smallest absolute Gasteiger partial charge is 0.257 e. The van der Waals surface area contributed by atoms with Crippen LogP contribution in [0.25, 0.3) is 11.3 Å². The summed E-state index contributed by atoms with van der Waals surface area (Å²) in [6.07, 6.45) is 1.72. The highest BCUT2D eigenvalue weighted by Crippen LogP contribution is 2.47. The van der Waals surface area contributed by atoms with Gasteiger partial charge in [0.2, 0.25) is 0 Å². The lowest BCUT2D eigenvalue weighted by molar-refractivity contribution is 0.0637. The van der Waals surface area contributed by atoms with E-state index < -0.39 is 35.2 Å². The summed E-state index contributed by atoms with van der Waals surface area (Å²) in [7, 11) is 2.97. The van der Waals surface area contributed by atoms with Crippen molar-refractivity contribution in [1.29, 1.82) is 0 Å². The van der Waals surface area contributed by atoms with E-state index in [0.717, 1.165) is 17.7 Å². The molecule has 2 aliphatic rings. The van der Waals surface area contributed by atoms with Crippen LogP contribution in [0.4, 0.5) is 17.6 Å². The normalized spacial score (nSPS) is 19.2. The number of amides is 1. The van der Waals surface area contributed by atoms with E-state index >= 15 is 0 Å². The number of benzene rings is 2. The molecule has 2 aliphatic heterocycles. The van der Waals surface area contributed by atoms with Gasteiger partial charge in [-0.05, 0) is 43.5 Å². The van der Waals surface area contributed by atoms with Crippen LogP contribution in [0.2, 0.25) is 0 Å². The third-order valence-electron chi connectivity index (χ3n) is 6.34. The van der Waals surface area contributed by atoms with Crippen LogP contribution >= 0.6 is 0 Å². The van der Waals surface area contributed by atoms with Crippen molar-refractivity contribution in [1.82, 2.24) is 14.7 Å². The largest absolute Gasteiger partial charge is 0.494 e. The van der Waals surface area contributed by atoms with Gasteiger partial charge in [0.05, 0.1) is 30.1 Å². The van der Waals surface area contributed by atoms with Crippen molar-refractivity contribution in [2.24, 2.45) is 7.05 Å². The number of nitrogens with zero attached hydrogens (tertiary/aromatic N) is 3. The summed E-state index contributed by atoms with van der Waals surface area (Å²) in [6.45, 7) is 0. The molecule has 166 valence electrons. The second kappa shape index (κ2) is 7.36. The highest BCUT2D eigenvalue weighted by molar-refractivity contribution is 5.96. The molecule has 5 nitrogen and oxygen atoms in total. The predicted octanol–water partition coefficient (Wildman–Crippen LogP) is 4.55. The maximum Gasteiger partial charge on any atom is 0.257 e. The van der Waals surface area contributed by atoms with Crippen LogP contribution in [0.15, 0.2) is 30.3 Å². The molecule has 3 aromatic rings. The van der Waals surface area contributed by atoms with E-state index in [1.807, 2.05) is 0 Å². The molecule has 2 aromatic carbocycles. The number of halogens is 4. The monoisotopic (exact) mass is 445 g/mol. The fraction of sp³-hybridized carbons (Fsp3) is 0.304. The van der Waals surface area contributed by atoms with Crippen molar-refractivity contribution in [2.75, 3.05) is 7.11 Å². The summed E-state index contributed by atoms with van der Waals surface area (Å²) in [5.74, 6) is -5.27. The Balaban J connectivity index is 1.57. The number of hydrogen-bond donors (Lipinski definition) is 0. The summed E-state index contributed by atoms with van der Waals surface area (Å²) >= 11 is 0. The second-order valence-corrected chi connectivity index (χ2v) is 8.08. The average molecular weight is 445 g/mol. The summed E-state index contributed by atoms with van der Waals surface area (Å²) in [5.41, 5.74) is 1.95. The van der Waals surface area contributed by atoms with Crippen LogP contribution in [0.1, 0.15) is 40.5 Å². The number of methoxy groups -OCH3 is 1. The van der Waals surface area contributed by atoms with Crippen molar-refractivity contribution in [3.8, 4) is 17.0 Å². The number of rotatable bonds is 3. The lowest BCUT2D eigenvalue weighted by Gasteiger charge is -2.34. The molecule has 32 heavy (non-hydrogen) atoms. The molecule has 3 heterocycles. The number of ether oxygens (including phenoxy) is 1. The van der Waals surface area contributed by atoms with Gasteiger partial charge in [0.25, 0.3) is 5.91 Å². The van der Waals surface area contributed by atoms with Gasteiger partial charge in [-0.3, -0.25) is 9.48 Å². The standard InChI is InChI=1S/C23H19F4N3O2/c1-29-22(11-8-15(24)20(27)16(25)9-11)14-10-12-6-7-17(21(14)28-29)30(12)23(31)13-4-3-5-18(32-2)19(13)26/h3-5,8-9,12,17H,6-7,10H2,1-2H3/t12-,17+/m0/s1. The first-order chi connectivity index (χ1) is 15.3. The quantitative estimate of drug-likeness (QED) is 0.439. The van der Waals surface area contributed by atoms with Crippen molar-refractivity contribution in [2.45, 2.75) is 31.3 Å². The predicted molar refractivity (Wildman–Crippen MR) is 107 cm³/mol. The number of fused-ring (bicyclic) bond motifs is 4. The molecule has 2 atom stereocenters. The van der Waals surface area contributed by atoms with E-state index in [1.54, 1.807) is 18.0 Å². The maximum absolute atomic E-state index is 14.8. The van der Waals surface area contributed by atoms with Crippen LogP contribution in [-0.4, -0.2) is 33.7 Å². The number of carbonyl (C=O) groups is 1. The zero-order valence-electron chi connectivity index (χ0n) is 17.3. The van der Waals surface area contributed by atoms with Gasteiger partial charge in [0.15, 0.2) is 29.0 Å². The average Bonchev–Trinajstić information content (AvgIpc) is 3.27. The van der Waals surface area contributed by atoms with Crippen molar-refractivity contribution >= 4 is 5.91 Å². The SMILES string of the molecule is COc1cccc(C(=O)N2[C@H]3CC[C@@H]2c2nn(C)c(-c4cc(F)c(F)c(F)c4)c2C3)c1F. The van der Waals surface area contributed by atoms with E-state index in [0.29, 0.717) is 30.7 Å². The van der Waals surface area contributed by atoms with E-state index in [2.05, 4.69) is 5.10 Å². The lowest BCUT2D eigenvalue weighted by atomic mass is 9.94. The zero-order chi connectivity index (χ0) is 22.7. The van der Waals surface area contributed by atoms with Gasteiger partial charge in [-0.15, -0.1) is 0 Å². The Kier molecular flexibility index (Phi) is 4.72. The van der Waals surface area contributed by atoms with Crippen molar-refractivity contribution in [3.63, 3.8) is 0 Å². The molecule has 0 N–H and O–H groups in total. The van der Waals surface area contributed by atoms with Gasteiger partial charge < -0.3 is 9.64 Å². The molecule has 0 radical (unpaired) electrons. The zero-order valence-corrected chi connectivity index (χ0v) is 17.3. The fourth-order valence-electron chi connectivity index (χ4n) is 4.98. The summed E-state index contributed by atoms with van der Waals surface area (Å²) < 4.78 is 62.4. The third kappa shape index (κ3) is 2.91. The van der Waals surface area contributed by atoms with E-state index in [-0.39, 0.29) is 22.9 Å². The number of carbonyl (C=O) groups excluding carboxylic acids is 1. The maximum atomic E-state index is 14.8. The Morgan fingerprint density at radius 2 is 1.81 bits per heavy atom. The molecule has 1 saturated heterocycles. The van der Waals surface area contributed by atoms with Gasteiger partial charge >= 0.3 is 0 Å². The lowest BCUT2D eigenvalue weighted by Crippen LogP contribution is -2.42. The molecular formula is C23H19F4N3O2. The van der Waals surface area contributed by atoms with Crippen LogP contribution in [0.5, 0.6) is 5.75 Å². The van der Waals surface area contributed by atoms with Gasteiger partial charge in [-0.25, -0.2) is 17.6 Å². The van der Waals surface area contributed by atoms with Gasteiger partial charge in [0.1, 0.15) is 0 Å². The number of hydrogen-bond acceptors (Lipinski definition) is 3. The topological polar surface area (TPSA) is 47.4 Å². The van der Waals surface area contributed by atoms with Gasteiger partial charge in [-0.1, -0.05) is 6.07 Å². The fourth-order valence-corrected chi connectivity index (χ4v) is 4.98. The summed E-state index contributed by atoms with van der Waals surface area (Å²) in [4.78, 5) is 14.9. The molecular weight excluding hydrogens is 426 g/mol. The second-order valence-electron chi connectivity index (χ2n) is 8.08. The van der Waals surface area contributed by atoms with Crippen LogP contribution < -0.4 is 4.74 Å². The molecule has 0 spiro atoms.